The van der Waals surface area contributed by atoms with Crippen LogP contribution in [0.25, 0.3) is 0 Å². The second-order valence-corrected chi connectivity index (χ2v) is 6.19. The number of benzene rings is 1. The Kier molecular flexibility index (Phi) is 5.40. The van der Waals surface area contributed by atoms with E-state index in [9.17, 15) is 4.79 Å². The van der Waals surface area contributed by atoms with E-state index in [0.717, 1.165) is 30.3 Å². The summed E-state index contributed by atoms with van der Waals surface area (Å²) in [6.07, 6.45) is 3.86. The van der Waals surface area contributed by atoms with Crippen molar-refractivity contribution in [3.63, 3.8) is 0 Å². The maximum absolute atomic E-state index is 11.5. The zero-order valence-electron chi connectivity index (χ0n) is 11.3. The summed E-state index contributed by atoms with van der Waals surface area (Å²) < 4.78 is 1.11. The largest absolute Gasteiger partial charge is 0.353 e. The van der Waals surface area contributed by atoms with Gasteiger partial charge in [0.15, 0.2) is 0 Å². The van der Waals surface area contributed by atoms with Gasteiger partial charge in [-0.15, -0.1) is 0 Å². The lowest BCUT2D eigenvalue weighted by molar-refractivity contribution is -0.121. The Morgan fingerprint density at radius 2 is 2.05 bits per heavy atom. The third-order valence-electron chi connectivity index (χ3n) is 3.24. The van der Waals surface area contributed by atoms with Crippen molar-refractivity contribution in [1.82, 2.24) is 10.6 Å². The summed E-state index contributed by atoms with van der Waals surface area (Å²) in [6, 6.07) is 9.23. The Bertz CT molecular complexity index is 415. The monoisotopic (exact) mass is 324 g/mol. The van der Waals surface area contributed by atoms with E-state index in [1.807, 2.05) is 0 Å². The lowest BCUT2D eigenvalue weighted by atomic mass is 10.1. The molecule has 1 aromatic rings. The molecule has 0 heterocycles. The highest BCUT2D eigenvalue weighted by Gasteiger charge is 2.22. The molecule has 104 valence electrons. The first-order valence-electron chi connectivity index (χ1n) is 6.90. The molecule has 0 spiro atoms. The molecule has 0 saturated heterocycles. The molecule has 0 bridgehead atoms. The van der Waals surface area contributed by atoms with Crippen LogP contribution in [-0.4, -0.2) is 24.5 Å². The number of halogens is 1. The zero-order chi connectivity index (χ0) is 13.7. The lowest BCUT2D eigenvalue weighted by Gasteiger charge is -2.13. The van der Waals surface area contributed by atoms with Gasteiger partial charge in [0.25, 0.3) is 0 Å². The van der Waals surface area contributed by atoms with Crippen molar-refractivity contribution in [3.8, 4) is 0 Å². The van der Waals surface area contributed by atoms with Gasteiger partial charge < -0.3 is 10.6 Å². The van der Waals surface area contributed by atoms with Gasteiger partial charge in [-0.05, 0) is 43.9 Å². The molecule has 0 aliphatic heterocycles. The normalized spacial score (nSPS) is 16.1. The molecule has 1 aromatic carbocycles. The Morgan fingerprint density at radius 3 is 2.68 bits per heavy atom. The topological polar surface area (TPSA) is 41.1 Å². The van der Waals surface area contributed by atoms with Crippen LogP contribution in [0.5, 0.6) is 0 Å². The van der Waals surface area contributed by atoms with Crippen LogP contribution in [0.3, 0.4) is 0 Å². The number of amides is 1. The number of carbonyl (C=O) groups excluding carboxylic acids is 1. The Hall–Kier alpha value is -0.870. The van der Waals surface area contributed by atoms with Crippen LogP contribution in [0.15, 0.2) is 28.7 Å². The third kappa shape index (κ3) is 5.74. The van der Waals surface area contributed by atoms with Crippen molar-refractivity contribution in [2.45, 2.75) is 44.7 Å². The fourth-order valence-electron chi connectivity index (χ4n) is 2.01. The maximum atomic E-state index is 11.5. The number of hydrogen-bond donors (Lipinski definition) is 2. The van der Waals surface area contributed by atoms with Gasteiger partial charge in [0.1, 0.15) is 0 Å². The van der Waals surface area contributed by atoms with Crippen LogP contribution in [0.4, 0.5) is 0 Å². The van der Waals surface area contributed by atoms with E-state index in [2.05, 4.69) is 57.8 Å². The maximum Gasteiger partial charge on any atom is 0.221 e. The van der Waals surface area contributed by atoms with E-state index in [0.29, 0.717) is 18.5 Å². The molecule has 1 aliphatic carbocycles. The molecule has 0 aromatic heterocycles. The van der Waals surface area contributed by atoms with Crippen molar-refractivity contribution < 1.29 is 4.79 Å². The number of rotatable bonds is 7. The van der Waals surface area contributed by atoms with Gasteiger partial charge in [-0.2, -0.15) is 0 Å². The summed E-state index contributed by atoms with van der Waals surface area (Å²) in [6.45, 7) is 2.90. The molecule has 1 atom stereocenters. The molecule has 1 fully saturated rings. The van der Waals surface area contributed by atoms with Gasteiger partial charge in [0, 0.05) is 29.5 Å². The Balaban J connectivity index is 1.62. The van der Waals surface area contributed by atoms with Crippen LogP contribution in [0, 0.1) is 0 Å². The average Bonchev–Trinajstić information content (AvgIpc) is 3.16. The molecule has 2 N–H and O–H groups in total. The van der Waals surface area contributed by atoms with Crippen LogP contribution >= 0.6 is 15.9 Å². The number of nitrogens with one attached hydrogen (secondary N) is 2. The summed E-state index contributed by atoms with van der Waals surface area (Å²) in [5.41, 5.74) is 1.31. The minimum absolute atomic E-state index is 0.172. The minimum atomic E-state index is 0.172. The third-order valence-corrected chi connectivity index (χ3v) is 3.77. The van der Waals surface area contributed by atoms with Gasteiger partial charge in [0.2, 0.25) is 5.91 Å². The van der Waals surface area contributed by atoms with Crippen molar-refractivity contribution in [3.05, 3.63) is 34.3 Å². The molecule has 2 rings (SSSR count). The first-order valence-corrected chi connectivity index (χ1v) is 7.70. The van der Waals surface area contributed by atoms with Gasteiger partial charge in [-0.25, -0.2) is 0 Å². The fourth-order valence-corrected chi connectivity index (χ4v) is 2.27. The van der Waals surface area contributed by atoms with E-state index in [-0.39, 0.29) is 5.91 Å². The highest BCUT2D eigenvalue weighted by atomic mass is 79.9. The quantitative estimate of drug-likeness (QED) is 0.809. The summed E-state index contributed by atoms with van der Waals surface area (Å²) in [4.78, 5) is 11.5. The molecule has 1 unspecified atom stereocenters. The summed E-state index contributed by atoms with van der Waals surface area (Å²) >= 11 is 3.43. The number of hydrogen-bond acceptors (Lipinski definition) is 2. The van der Waals surface area contributed by atoms with Crippen molar-refractivity contribution >= 4 is 21.8 Å². The molecule has 0 radical (unpaired) electrons. The highest BCUT2D eigenvalue weighted by molar-refractivity contribution is 9.10. The molecule has 1 saturated carbocycles. The summed E-state index contributed by atoms with van der Waals surface area (Å²) in [5.74, 6) is 0.172. The van der Waals surface area contributed by atoms with Gasteiger partial charge in [-0.3, -0.25) is 4.79 Å². The SMILES string of the molecule is CC(Cc1ccc(Br)cc1)NCCC(=O)NC1CC1. The van der Waals surface area contributed by atoms with Crippen LogP contribution < -0.4 is 10.6 Å². The second kappa shape index (κ2) is 7.06. The predicted molar refractivity (Wildman–Crippen MR) is 81.1 cm³/mol. The average molecular weight is 325 g/mol. The van der Waals surface area contributed by atoms with Crippen LogP contribution in [-0.2, 0) is 11.2 Å². The molecule has 1 aliphatic rings. The summed E-state index contributed by atoms with van der Waals surface area (Å²) in [7, 11) is 0. The van der Waals surface area contributed by atoms with Crippen molar-refractivity contribution in [2.24, 2.45) is 0 Å². The van der Waals surface area contributed by atoms with Crippen molar-refractivity contribution in [2.75, 3.05) is 6.54 Å². The van der Waals surface area contributed by atoms with Gasteiger partial charge >= 0.3 is 0 Å². The Labute approximate surface area is 123 Å². The van der Waals surface area contributed by atoms with E-state index >= 15 is 0 Å². The van der Waals surface area contributed by atoms with Gasteiger partial charge in [-0.1, -0.05) is 28.1 Å². The summed E-state index contributed by atoms with van der Waals surface area (Å²) in [5, 5.41) is 6.40. The van der Waals surface area contributed by atoms with E-state index in [1.165, 1.54) is 5.56 Å². The molecule has 1 amide bonds. The standard InChI is InChI=1S/C15H21BrN2O/c1-11(10-12-2-4-13(16)5-3-12)17-9-8-15(19)18-14-6-7-14/h2-5,11,14,17H,6-10H2,1H3,(H,18,19). The molecule has 3 nitrogen and oxygen atoms in total. The zero-order valence-corrected chi connectivity index (χ0v) is 12.9. The van der Waals surface area contributed by atoms with E-state index in [1.54, 1.807) is 0 Å². The molecule has 4 heteroatoms. The van der Waals surface area contributed by atoms with Crippen molar-refractivity contribution in [1.29, 1.82) is 0 Å². The molecule has 19 heavy (non-hydrogen) atoms. The highest BCUT2D eigenvalue weighted by Crippen LogP contribution is 2.18. The van der Waals surface area contributed by atoms with Crippen LogP contribution in [0.1, 0.15) is 31.7 Å². The first-order chi connectivity index (χ1) is 9.13. The number of carbonyl (C=O) groups is 1. The predicted octanol–water partition coefficient (Wildman–Crippen LogP) is 2.64. The van der Waals surface area contributed by atoms with E-state index < -0.39 is 0 Å². The minimum Gasteiger partial charge on any atom is -0.353 e. The smallest absolute Gasteiger partial charge is 0.221 e. The van der Waals surface area contributed by atoms with Crippen LogP contribution in [0.2, 0.25) is 0 Å². The van der Waals surface area contributed by atoms with Gasteiger partial charge in [0.05, 0.1) is 0 Å². The van der Waals surface area contributed by atoms with E-state index in [4.69, 9.17) is 0 Å². The second-order valence-electron chi connectivity index (χ2n) is 5.28. The Morgan fingerprint density at radius 1 is 1.37 bits per heavy atom. The molecular formula is C15H21BrN2O. The lowest BCUT2D eigenvalue weighted by Crippen LogP contribution is -2.33. The molecular weight excluding hydrogens is 304 g/mol. The first kappa shape index (κ1) is 14.5. The fraction of sp³-hybridized carbons (Fsp3) is 0.533.